The van der Waals surface area contributed by atoms with Gasteiger partial charge in [0, 0.05) is 30.3 Å². The molecule has 0 bridgehead atoms. The number of carbonyl (C=O) groups excluding carboxylic acids is 1. The summed E-state index contributed by atoms with van der Waals surface area (Å²) < 4.78 is 0. The quantitative estimate of drug-likeness (QED) is 0.679. The van der Waals surface area contributed by atoms with Crippen molar-refractivity contribution in [3.63, 3.8) is 0 Å². The van der Waals surface area contributed by atoms with E-state index >= 15 is 0 Å². The van der Waals surface area contributed by atoms with Gasteiger partial charge in [0.2, 0.25) is 0 Å². The number of hydrogen-bond donors (Lipinski definition) is 1. The molecule has 0 heterocycles. The van der Waals surface area contributed by atoms with Gasteiger partial charge in [-0.1, -0.05) is 6.42 Å². The lowest BCUT2D eigenvalue weighted by atomic mass is 10.0. The number of aryl methyl sites for hydroxylation is 1. The van der Waals surface area contributed by atoms with Gasteiger partial charge >= 0.3 is 0 Å². The van der Waals surface area contributed by atoms with Gasteiger partial charge in [-0.05, 0) is 44.4 Å². The van der Waals surface area contributed by atoms with Crippen LogP contribution in [0.2, 0.25) is 0 Å². The molecule has 0 spiro atoms. The third-order valence-corrected chi connectivity index (χ3v) is 4.38. The zero-order valence-corrected chi connectivity index (χ0v) is 12.4. The van der Waals surface area contributed by atoms with Crippen molar-refractivity contribution in [2.24, 2.45) is 11.7 Å². The van der Waals surface area contributed by atoms with Gasteiger partial charge in [0.25, 0.3) is 11.6 Å². The SMILES string of the molecule is Cc1cc(C(=O)N(C)C2CCCC2CN)ccc1[N+](=O)[O-]. The molecule has 0 saturated heterocycles. The fourth-order valence-electron chi connectivity index (χ4n) is 3.15. The maximum Gasteiger partial charge on any atom is 0.272 e. The van der Waals surface area contributed by atoms with Crippen LogP contribution in [-0.4, -0.2) is 35.4 Å². The fraction of sp³-hybridized carbons (Fsp3) is 0.533. The molecule has 2 atom stereocenters. The summed E-state index contributed by atoms with van der Waals surface area (Å²) in [7, 11) is 1.79. The van der Waals surface area contributed by atoms with Crippen molar-refractivity contribution in [2.45, 2.75) is 32.2 Å². The van der Waals surface area contributed by atoms with Crippen LogP contribution in [0.1, 0.15) is 35.2 Å². The van der Waals surface area contributed by atoms with E-state index in [2.05, 4.69) is 0 Å². The first kappa shape index (κ1) is 15.4. The number of nitrogens with zero attached hydrogens (tertiary/aromatic N) is 2. The molecule has 0 aromatic heterocycles. The number of benzene rings is 1. The number of carbonyl (C=O) groups is 1. The Kier molecular flexibility index (Phi) is 4.57. The highest BCUT2D eigenvalue weighted by Crippen LogP contribution is 2.29. The minimum atomic E-state index is -0.436. The standard InChI is InChI=1S/C15H21N3O3/c1-10-8-11(6-7-13(10)18(20)21)15(19)17(2)14-5-3-4-12(14)9-16/h6-8,12,14H,3-5,9,16H2,1-2H3. The Morgan fingerprint density at radius 1 is 1.48 bits per heavy atom. The maximum absolute atomic E-state index is 12.5. The van der Waals surface area contributed by atoms with E-state index in [0.29, 0.717) is 23.6 Å². The van der Waals surface area contributed by atoms with Crippen LogP contribution < -0.4 is 5.73 Å². The fourth-order valence-corrected chi connectivity index (χ4v) is 3.15. The van der Waals surface area contributed by atoms with E-state index in [1.165, 1.54) is 12.1 Å². The van der Waals surface area contributed by atoms with Gasteiger partial charge in [0.05, 0.1) is 4.92 Å². The van der Waals surface area contributed by atoms with Gasteiger partial charge in [0.1, 0.15) is 0 Å². The largest absolute Gasteiger partial charge is 0.338 e. The average molecular weight is 291 g/mol. The van der Waals surface area contributed by atoms with E-state index < -0.39 is 4.92 Å². The van der Waals surface area contributed by atoms with Crippen molar-refractivity contribution >= 4 is 11.6 Å². The van der Waals surface area contributed by atoms with Crippen molar-refractivity contribution in [1.82, 2.24) is 4.90 Å². The topological polar surface area (TPSA) is 89.5 Å². The molecule has 1 amide bonds. The van der Waals surface area contributed by atoms with Gasteiger partial charge in [-0.3, -0.25) is 14.9 Å². The second-order valence-corrected chi connectivity index (χ2v) is 5.67. The van der Waals surface area contributed by atoms with E-state index in [0.717, 1.165) is 19.3 Å². The highest BCUT2D eigenvalue weighted by molar-refractivity contribution is 5.94. The molecule has 1 aromatic carbocycles. The van der Waals surface area contributed by atoms with Crippen LogP contribution in [0.25, 0.3) is 0 Å². The molecule has 6 nitrogen and oxygen atoms in total. The summed E-state index contributed by atoms with van der Waals surface area (Å²) in [6.07, 6.45) is 3.11. The molecule has 21 heavy (non-hydrogen) atoms. The summed E-state index contributed by atoms with van der Waals surface area (Å²) in [4.78, 5) is 24.7. The Morgan fingerprint density at radius 3 is 2.76 bits per heavy atom. The van der Waals surface area contributed by atoms with Crippen LogP contribution in [0.5, 0.6) is 0 Å². The summed E-state index contributed by atoms with van der Waals surface area (Å²) >= 11 is 0. The molecule has 0 aliphatic heterocycles. The summed E-state index contributed by atoms with van der Waals surface area (Å²) in [5, 5.41) is 10.8. The summed E-state index contributed by atoms with van der Waals surface area (Å²) in [6, 6.07) is 4.67. The highest BCUT2D eigenvalue weighted by atomic mass is 16.6. The van der Waals surface area contributed by atoms with E-state index in [1.807, 2.05) is 0 Å². The summed E-state index contributed by atoms with van der Waals surface area (Å²) in [5.74, 6) is 0.247. The maximum atomic E-state index is 12.5. The smallest absolute Gasteiger partial charge is 0.272 e. The van der Waals surface area contributed by atoms with Gasteiger partial charge < -0.3 is 10.6 Å². The normalized spacial score (nSPS) is 21.3. The Bertz CT molecular complexity index is 559. The number of rotatable bonds is 4. The van der Waals surface area contributed by atoms with Crippen LogP contribution in [0, 0.1) is 23.0 Å². The molecule has 1 aliphatic rings. The predicted molar refractivity (Wildman–Crippen MR) is 80.1 cm³/mol. The molecular formula is C15H21N3O3. The minimum Gasteiger partial charge on any atom is -0.338 e. The van der Waals surface area contributed by atoms with Crippen molar-refractivity contribution in [3.05, 3.63) is 39.4 Å². The van der Waals surface area contributed by atoms with E-state index in [4.69, 9.17) is 5.73 Å². The number of nitrogens with two attached hydrogens (primary N) is 1. The molecule has 114 valence electrons. The molecular weight excluding hydrogens is 270 g/mol. The molecule has 2 unspecified atom stereocenters. The van der Waals surface area contributed by atoms with Crippen molar-refractivity contribution in [1.29, 1.82) is 0 Å². The van der Waals surface area contributed by atoms with Crippen LogP contribution in [0.15, 0.2) is 18.2 Å². The van der Waals surface area contributed by atoms with Crippen molar-refractivity contribution < 1.29 is 9.72 Å². The van der Waals surface area contributed by atoms with Crippen molar-refractivity contribution in [3.8, 4) is 0 Å². The Labute approximate surface area is 124 Å². The average Bonchev–Trinajstić information content (AvgIpc) is 2.93. The predicted octanol–water partition coefficient (Wildman–Crippen LogP) is 2.10. The second kappa shape index (κ2) is 6.22. The number of hydrogen-bond acceptors (Lipinski definition) is 4. The number of nitro groups is 1. The van der Waals surface area contributed by atoms with Crippen molar-refractivity contribution in [2.75, 3.05) is 13.6 Å². The van der Waals surface area contributed by atoms with Crippen LogP contribution in [0.4, 0.5) is 5.69 Å². The lowest BCUT2D eigenvalue weighted by Gasteiger charge is -2.29. The van der Waals surface area contributed by atoms with Gasteiger partial charge in [-0.15, -0.1) is 0 Å². The second-order valence-electron chi connectivity index (χ2n) is 5.67. The zero-order valence-electron chi connectivity index (χ0n) is 12.4. The summed E-state index contributed by atoms with van der Waals surface area (Å²) in [5.41, 5.74) is 6.79. The third-order valence-electron chi connectivity index (χ3n) is 4.38. The number of amides is 1. The van der Waals surface area contributed by atoms with Gasteiger partial charge in [-0.2, -0.15) is 0 Å². The first-order valence-corrected chi connectivity index (χ1v) is 7.18. The van der Waals surface area contributed by atoms with Crippen LogP contribution in [-0.2, 0) is 0 Å². The first-order valence-electron chi connectivity index (χ1n) is 7.18. The van der Waals surface area contributed by atoms with E-state index in [9.17, 15) is 14.9 Å². The highest BCUT2D eigenvalue weighted by Gasteiger charge is 2.32. The molecule has 6 heteroatoms. The Morgan fingerprint density at radius 2 is 2.19 bits per heavy atom. The van der Waals surface area contributed by atoms with E-state index in [1.54, 1.807) is 24.9 Å². The molecule has 0 radical (unpaired) electrons. The van der Waals surface area contributed by atoms with E-state index in [-0.39, 0.29) is 17.6 Å². The third kappa shape index (κ3) is 3.05. The molecule has 1 aliphatic carbocycles. The molecule has 1 aromatic rings. The summed E-state index contributed by atoms with van der Waals surface area (Å²) in [6.45, 7) is 2.23. The Hall–Kier alpha value is -1.95. The lowest BCUT2D eigenvalue weighted by Crippen LogP contribution is -2.41. The lowest BCUT2D eigenvalue weighted by molar-refractivity contribution is -0.385. The molecule has 1 saturated carbocycles. The van der Waals surface area contributed by atoms with Crippen LogP contribution in [0.3, 0.4) is 0 Å². The number of nitro benzene ring substituents is 1. The van der Waals surface area contributed by atoms with Gasteiger partial charge in [-0.25, -0.2) is 0 Å². The molecule has 2 rings (SSSR count). The molecule has 1 fully saturated rings. The monoisotopic (exact) mass is 291 g/mol. The molecule has 2 N–H and O–H groups in total. The van der Waals surface area contributed by atoms with Crippen LogP contribution >= 0.6 is 0 Å². The van der Waals surface area contributed by atoms with Gasteiger partial charge in [0.15, 0.2) is 0 Å². The Balaban J connectivity index is 2.19. The zero-order chi connectivity index (χ0) is 15.6. The first-order chi connectivity index (χ1) is 9.95. The minimum absolute atomic E-state index is 0.0369.